The fraction of sp³-hybridized carbons (Fsp3) is 0.867. The van der Waals surface area contributed by atoms with E-state index >= 15 is 0 Å². The van der Waals surface area contributed by atoms with Crippen LogP contribution in [0.5, 0.6) is 0 Å². The molecule has 0 aliphatic heterocycles. The Morgan fingerprint density at radius 2 is 1.76 bits per heavy atom. The Balaban J connectivity index is 4.26. The summed E-state index contributed by atoms with van der Waals surface area (Å²) in [5, 5.41) is 0. The molecule has 0 saturated heterocycles. The third-order valence-corrected chi connectivity index (χ3v) is 3.70. The average molecular weight is 257 g/mol. The summed E-state index contributed by atoms with van der Waals surface area (Å²) >= 11 is 0. The van der Waals surface area contributed by atoms with E-state index in [-0.39, 0.29) is 0 Å². The van der Waals surface area contributed by atoms with Crippen molar-refractivity contribution in [3.05, 3.63) is 11.8 Å². The van der Waals surface area contributed by atoms with Crippen LogP contribution >= 0.6 is 0 Å². The summed E-state index contributed by atoms with van der Waals surface area (Å²) in [6.45, 7) is 13.6. The van der Waals surface area contributed by atoms with Crippen LogP contribution in [0.3, 0.4) is 0 Å². The first kappa shape index (κ1) is 16.8. The number of allylic oxidation sites excluding steroid dienone is 2. The van der Waals surface area contributed by atoms with Crippen LogP contribution in [0, 0.1) is 5.92 Å². The third kappa shape index (κ3) is 10.6. The van der Waals surface area contributed by atoms with Crippen LogP contribution in [0.1, 0.15) is 59.3 Å². The second-order valence-electron chi connectivity index (χ2n) is 6.04. The SMILES string of the molecule is CCCCCC/C(=C/C(C)CC)O[Si](C)(C)C. The van der Waals surface area contributed by atoms with Gasteiger partial charge < -0.3 is 4.43 Å². The molecule has 0 aliphatic rings. The van der Waals surface area contributed by atoms with Crippen LogP contribution < -0.4 is 0 Å². The minimum absolute atomic E-state index is 0.646. The molecule has 0 saturated carbocycles. The largest absolute Gasteiger partial charge is 0.548 e. The summed E-state index contributed by atoms with van der Waals surface area (Å²) in [5.41, 5.74) is 0. The first-order valence-electron chi connectivity index (χ1n) is 7.28. The summed E-state index contributed by atoms with van der Waals surface area (Å²) < 4.78 is 6.19. The maximum Gasteiger partial charge on any atom is 0.241 e. The van der Waals surface area contributed by atoms with Crippen molar-refractivity contribution in [2.75, 3.05) is 0 Å². The Morgan fingerprint density at radius 3 is 2.24 bits per heavy atom. The van der Waals surface area contributed by atoms with E-state index < -0.39 is 8.32 Å². The number of hydrogen-bond donors (Lipinski definition) is 0. The summed E-state index contributed by atoms with van der Waals surface area (Å²) in [5.74, 6) is 1.90. The van der Waals surface area contributed by atoms with Crippen LogP contribution in [0.25, 0.3) is 0 Å². The Bertz CT molecular complexity index is 215. The van der Waals surface area contributed by atoms with E-state index in [0.717, 1.165) is 6.42 Å². The van der Waals surface area contributed by atoms with Gasteiger partial charge in [0.25, 0.3) is 0 Å². The average Bonchev–Trinajstić information content (AvgIpc) is 2.21. The monoisotopic (exact) mass is 256 g/mol. The quantitative estimate of drug-likeness (QED) is 0.290. The van der Waals surface area contributed by atoms with Crippen molar-refractivity contribution >= 4 is 8.32 Å². The fourth-order valence-electron chi connectivity index (χ4n) is 1.72. The molecule has 2 heteroatoms. The van der Waals surface area contributed by atoms with Crippen molar-refractivity contribution in [1.29, 1.82) is 0 Å². The maximum absolute atomic E-state index is 6.19. The summed E-state index contributed by atoms with van der Waals surface area (Å²) in [7, 11) is -1.44. The summed E-state index contributed by atoms with van der Waals surface area (Å²) in [6.07, 6.45) is 9.96. The molecule has 1 nitrogen and oxygen atoms in total. The van der Waals surface area contributed by atoms with E-state index in [0.29, 0.717) is 5.92 Å². The van der Waals surface area contributed by atoms with Crippen molar-refractivity contribution in [3.63, 3.8) is 0 Å². The van der Waals surface area contributed by atoms with Gasteiger partial charge in [-0.15, -0.1) is 0 Å². The van der Waals surface area contributed by atoms with E-state index in [1.54, 1.807) is 0 Å². The Hall–Kier alpha value is -0.243. The Kier molecular flexibility index (Phi) is 8.66. The molecule has 0 heterocycles. The number of unbranched alkanes of at least 4 members (excludes halogenated alkanes) is 3. The molecular formula is C15H32OSi. The van der Waals surface area contributed by atoms with Gasteiger partial charge in [-0.25, -0.2) is 0 Å². The van der Waals surface area contributed by atoms with Crippen molar-refractivity contribution < 1.29 is 4.43 Å². The lowest BCUT2D eigenvalue weighted by Gasteiger charge is -2.23. The minimum atomic E-state index is -1.44. The molecule has 0 aromatic carbocycles. The van der Waals surface area contributed by atoms with Crippen molar-refractivity contribution in [3.8, 4) is 0 Å². The molecule has 102 valence electrons. The molecule has 0 spiro atoms. The van der Waals surface area contributed by atoms with Gasteiger partial charge in [-0.2, -0.15) is 0 Å². The van der Waals surface area contributed by atoms with Gasteiger partial charge >= 0.3 is 0 Å². The van der Waals surface area contributed by atoms with Gasteiger partial charge in [0.15, 0.2) is 0 Å². The molecule has 0 N–H and O–H groups in total. The highest BCUT2D eigenvalue weighted by molar-refractivity contribution is 6.70. The minimum Gasteiger partial charge on any atom is -0.548 e. The second kappa shape index (κ2) is 8.79. The van der Waals surface area contributed by atoms with E-state index in [2.05, 4.69) is 46.5 Å². The third-order valence-electron chi connectivity index (χ3n) is 2.83. The fourth-order valence-corrected chi connectivity index (χ4v) is 2.68. The highest BCUT2D eigenvalue weighted by Crippen LogP contribution is 2.20. The molecule has 1 atom stereocenters. The lowest BCUT2D eigenvalue weighted by Crippen LogP contribution is -2.25. The Morgan fingerprint density at radius 1 is 1.12 bits per heavy atom. The molecular weight excluding hydrogens is 224 g/mol. The number of rotatable bonds is 9. The zero-order valence-electron chi connectivity index (χ0n) is 12.8. The van der Waals surface area contributed by atoms with Gasteiger partial charge in [0.1, 0.15) is 0 Å². The zero-order valence-corrected chi connectivity index (χ0v) is 13.8. The summed E-state index contributed by atoms with van der Waals surface area (Å²) in [6, 6.07) is 0. The first-order valence-corrected chi connectivity index (χ1v) is 10.7. The van der Waals surface area contributed by atoms with Crippen LogP contribution in [0.4, 0.5) is 0 Å². The van der Waals surface area contributed by atoms with Gasteiger partial charge in [0.05, 0.1) is 5.76 Å². The standard InChI is InChI=1S/C15H32OSi/c1-7-9-10-11-12-15(13-14(3)8-2)16-17(4,5)6/h13-14H,7-12H2,1-6H3/b15-13-. The topological polar surface area (TPSA) is 9.23 Å². The maximum atomic E-state index is 6.19. The van der Waals surface area contributed by atoms with E-state index in [9.17, 15) is 0 Å². The lowest BCUT2D eigenvalue weighted by atomic mass is 10.1. The normalized spacial score (nSPS) is 14.8. The molecule has 0 aliphatic carbocycles. The second-order valence-corrected chi connectivity index (χ2v) is 10.5. The zero-order chi connectivity index (χ0) is 13.3. The molecule has 0 aromatic heterocycles. The van der Waals surface area contributed by atoms with Gasteiger partial charge in [0, 0.05) is 6.42 Å². The molecule has 0 radical (unpaired) electrons. The predicted molar refractivity (Wildman–Crippen MR) is 80.7 cm³/mol. The molecule has 17 heavy (non-hydrogen) atoms. The van der Waals surface area contributed by atoms with Gasteiger partial charge in [0.2, 0.25) is 8.32 Å². The van der Waals surface area contributed by atoms with Crippen LogP contribution in [0.2, 0.25) is 19.6 Å². The molecule has 0 fully saturated rings. The van der Waals surface area contributed by atoms with E-state index in [1.807, 2.05) is 0 Å². The predicted octanol–water partition coefficient (Wildman–Crippen LogP) is 5.74. The molecule has 0 bridgehead atoms. The highest BCUT2D eigenvalue weighted by Gasteiger charge is 2.17. The van der Waals surface area contributed by atoms with Gasteiger partial charge in [-0.3, -0.25) is 0 Å². The molecule has 1 unspecified atom stereocenters. The van der Waals surface area contributed by atoms with Crippen molar-refractivity contribution in [2.24, 2.45) is 5.92 Å². The first-order chi connectivity index (χ1) is 7.89. The smallest absolute Gasteiger partial charge is 0.241 e. The lowest BCUT2D eigenvalue weighted by molar-refractivity contribution is 0.384. The summed E-state index contributed by atoms with van der Waals surface area (Å²) in [4.78, 5) is 0. The molecule has 0 aromatic rings. The van der Waals surface area contributed by atoms with Crippen LogP contribution in [-0.2, 0) is 4.43 Å². The highest BCUT2D eigenvalue weighted by atomic mass is 28.4. The molecule has 0 amide bonds. The van der Waals surface area contributed by atoms with Crippen LogP contribution in [-0.4, -0.2) is 8.32 Å². The van der Waals surface area contributed by atoms with Crippen molar-refractivity contribution in [1.82, 2.24) is 0 Å². The van der Waals surface area contributed by atoms with E-state index in [1.165, 1.54) is 37.9 Å². The van der Waals surface area contributed by atoms with E-state index in [4.69, 9.17) is 4.43 Å². The van der Waals surface area contributed by atoms with Gasteiger partial charge in [-0.05, 0) is 44.5 Å². The Labute approximate surface area is 110 Å². The van der Waals surface area contributed by atoms with Crippen molar-refractivity contribution in [2.45, 2.75) is 78.9 Å². The van der Waals surface area contributed by atoms with Gasteiger partial charge in [-0.1, -0.05) is 40.0 Å². The van der Waals surface area contributed by atoms with Crippen LogP contribution in [0.15, 0.2) is 11.8 Å². The molecule has 0 rings (SSSR count). The number of hydrogen-bond acceptors (Lipinski definition) is 1.